The Bertz CT molecular complexity index is 597. The quantitative estimate of drug-likeness (QED) is 0.466. The standard InChI is InChI=1S/C23H42N6O2/c1-2-24-23(29-8-6-20(19-29)18-27-14-16-31-17-15-27)25-7-9-26-10-12-28(13-11-26)22(30)21-4-3-5-21/h20-21H,2-19H2,1H3,(H,24,25). The van der Waals surface area contributed by atoms with E-state index in [1.54, 1.807) is 0 Å². The molecule has 4 rings (SSSR count). The van der Waals surface area contributed by atoms with Gasteiger partial charge in [0.2, 0.25) is 5.91 Å². The van der Waals surface area contributed by atoms with Gasteiger partial charge in [0.25, 0.3) is 0 Å². The first-order chi connectivity index (χ1) is 15.2. The van der Waals surface area contributed by atoms with Crippen LogP contribution < -0.4 is 5.32 Å². The van der Waals surface area contributed by atoms with Gasteiger partial charge in [-0.05, 0) is 32.1 Å². The molecule has 176 valence electrons. The third-order valence-electron chi connectivity index (χ3n) is 7.36. The smallest absolute Gasteiger partial charge is 0.225 e. The number of carbonyl (C=O) groups excluding carboxylic acids is 1. The highest BCUT2D eigenvalue weighted by molar-refractivity contribution is 5.80. The first-order valence-electron chi connectivity index (χ1n) is 12.6. The van der Waals surface area contributed by atoms with E-state index in [1.807, 2.05) is 0 Å². The molecule has 0 spiro atoms. The maximum atomic E-state index is 12.4. The van der Waals surface area contributed by atoms with Gasteiger partial charge in [-0.3, -0.25) is 19.6 Å². The molecule has 8 nitrogen and oxygen atoms in total. The molecule has 0 aromatic rings. The highest BCUT2D eigenvalue weighted by Crippen LogP contribution is 2.28. The molecule has 4 fully saturated rings. The molecule has 1 N–H and O–H groups in total. The molecule has 1 aliphatic carbocycles. The van der Waals surface area contributed by atoms with Gasteiger partial charge in [0, 0.05) is 77.9 Å². The Balaban J connectivity index is 1.18. The van der Waals surface area contributed by atoms with E-state index >= 15 is 0 Å². The number of hydrogen-bond acceptors (Lipinski definition) is 5. The summed E-state index contributed by atoms with van der Waals surface area (Å²) in [6, 6.07) is 0. The first-order valence-corrected chi connectivity index (χ1v) is 12.6. The summed E-state index contributed by atoms with van der Waals surface area (Å²) >= 11 is 0. The highest BCUT2D eigenvalue weighted by Gasteiger charge is 2.31. The van der Waals surface area contributed by atoms with Crippen molar-refractivity contribution in [2.75, 3.05) is 91.8 Å². The van der Waals surface area contributed by atoms with Gasteiger partial charge in [0.05, 0.1) is 19.8 Å². The lowest BCUT2D eigenvalue weighted by molar-refractivity contribution is -0.139. The van der Waals surface area contributed by atoms with Crippen LogP contribution in [0.5, 0.6) is 0 Å². The maximum absolute atomic E-state index is 12.4. The SMILES string of the molecule is CCNC(=NCCN1CCN(C(=O)C2CCC2)CC1)N1CCC(CN2CCOCC2)C1. The van der Waals surface area contributed by atoms with E-state index in [4.69, 9.17) is 9.73 Å². The first kappa shape index (κ1) is 22.8. The summed E-state index contributed by atoms with van der Waals surface area (Å²) in [5.74, 6) is 2.53. The monoisotopic (exact) mass is 434 g/mol. The number of aliphatic imine (C=N–C) groups is 1. The minimum Gasteiger partial charge on any atom is -0.379 e. The minimum absolute atomic E-state index is 0.325. The molecule has 3 aliphatic heterocycles. The molecule has 1 amide bonds. The van der Waals surface area contributed by atoms with Crippen molar-refractivity contribution in [3.05, 3.63) is 0 Å². The Morgan fingerprint density at radius 3 is 2.42 bits per heavy atom. The fraction of sp³-hybridized carbons (Fsp3) is 0.913. The van der Waals surface area contributed by atoms with Gasteiger partial charge in [-0.2, -0.15) is 0 Å². The topological polar surface area (TPSA) is 63.7 Å². The fourth-order valence-electron chi connectivity index (χ4n) is 5.15. The van der Waals surface area contributed by atoms with E-state index in [1.165, 1.54) is 19.4 Å². The van der Waals surface area contributed by atoms with Crippen LogP contribution in [-0.2, 0) is 9.53 Å². The zero-order valence-corrected chi connectivity index (χ0v) is 19.4. The lowest BCUT2D eigenvalue weighted by Crippen LogP contribution is -2.51. The van der Waals surface area contributed by atoms with Gasteiger partial charge in [-0.25, -0.2) is 0 Å². The predicted molar refractivity (Wildman–Crippen MR) is 123 cm³/mol. The number of morpholine rings is 1. The molecule has 1 saturated carbocycles. The maximum Gasteiger partial charge on any atom is 0.225 e. The summed E-state index contributed by atoms with van der Waals surface area (Å²) in [5.41, 5.74) is 0. The second-order valence-corrected chi connectivity index (χ2v) is 9.54. The third kappa shape index (κ3) is 6.33. The van der Waals surface area contributed by atoms with E-state index in [0.29, 0.717) is 11.8 Å². The zero-order valence-electron chi connectivity index (χ0n) is 19.4. The molecule has 0 aromatic heterocycles. The van der Waals surface area contributed by atoms with Crippen LogP contribution in [0.4, 0.5) is 0 Å². The third-order valence-corrected chi connectivity index (χ3v) is 7.36. The summed E-state index contributed by atoms with van der Waals surface area (Å²) in [7, 11) is 0. The van der Waals surface area contributed by atoms with Gasteiger partial charge >= 0.3 is 0 Å². The van der Waals surface area contributed by atoms with E-state index in [-0.39, 0.29) is 0 Å². The molecule has 1 atom stereocenters. The number of rotatable bonds is 7. The number of nitrogens with zero attached hydrogens (tertiary/aromatic N) is 5. The second-order valence-electron chi connectivity index (χ2n) is 9.54. The van der Waals surface area contributed by atoms with Crippen LogP contribution in [-0.4, -0.2) is 123 Å². The van der Waals surface area contributed by atoms with Crippen molar-refractivity contribution >= 4 is 11.9 Å². The normalized spacial score (nSPS) is 26.9. The summed E-state index contributed by atoms with van der Waals surface area (Å²) in [4.78, 5) is 26.9. The largest absolute Gasteiger partial charge is 0.379 e. The summed E-state index contributed by atoms with van der Waals surface area (Å²) in [6.45, 7) is 15.9. The number of amides is 1. The molecular formula is C23H42N6O2. The van der Waals surface area contributed by atoms with Crippen LogP contribution >= 0.6 is 0 Å². The highest BCUT2D eigenvalue weighted by atomic mass is 16.5. The number of piperazine rings is 1. The fourth-order valence-corrected chi connectivity index (χ4v) is 5.15. The Morgan fingerprint density at radius 1 is 0.968 bits per heavy atom. The molecule has 31 heavy (non-hydrogen) atoms. The van der Waals surface area contributed by atoms with E-state index < -0.39 is 0 Å². The zero-order chi connectivity index (χ0) is 21.5. The molecule has 0 radical (unpaired) electrons. The number of carbonyl (C=O) groups is 1. The average Bonchev–Trinajstić information content (AvgIpc) is 3.21. The van der Waals surface area contributed by atoms with Crippen LogP contribution in [0.2, 0.25) is 0 Å². The van der Waals surface area contributed by atoms with Crippen LogP contribution in [0.25, 0.3) is 0 Å². The summed E-state index contributed by atoms with van der Waals surface area (Å²) in [6.07, 6.45) is 4.68. The molecule has 3 saturated heterocycles. The molecular weight excluding hydrogens is 392 g/mol. The Kier molecular flexibility index (Phi) is 8.44. The van der Waals surface area contributed by atoms with E-state index in [0.717, 1.165) is 110 Å². The molecule has 0 bridgehead atoms. The van der Waals surface area contributed by atoms with Crippen molar-refractivity contribution in [3.63, 3.8) is 0 Å². The van der Waals surface area contributed by atoms with E-state index in [9.17, 15) is 4.79 Å². The van der Waals surface area contributed by atoms with Crippen molar-refractivity contribution in [2.45, 2.75) is 32.6 Å². The van der Waals surface area contributed by atoms with Crippen LogP contribution in [0.3, 0.4) is 0 Å². The van der Waals surface area contributed by atoms with Crippen molar-refractivity contribution < 1.29 is 9.53 Å². The summed E-state index contributed by atoms with van der Waals surface area (Å²) in [5, 5.41) is 3.50. The number of hydrogen-bond donors (Lipinski definition) is 1. The van der Waals surface area contributed by atoms with Gasteiger partial charge in [-0.1, -0.05) is 6.42 Å². The number of likely N-dealkylation sites (tertiary alicyclic amines) is 1. The Morgan fingerprint density at radius 2 is 1.74 bits per heavy atom. The van der Waals surface area contributed by atoms with Gasteiger partial charge in [0.1, 0.15) is 0 Å². The molecule has 8 heteroatoms. The van der Waals surface area contributed by atoms with Crippen molar-refractivity contribution in [1.29, 1.82) is 0 Å². The molecule has 0 aromatic carbocycles. The van der Waals surface area contributed by atoms with Crippen LogP contribution in [0, 0.1) is 11.8 Å². The van der Waals surface area contributed by atoms with Crippen LogP contribution in [0.15, 0.2) is 4.99 Å². The molecule has 1 unspecified atom stereocenters. The lowest BCUT2D eigenvalue weighted by Gasteiger charge is -2.38. The Labute approximate surface area is 188 Å². The second kappa shape index (κ2) is 11.5. The average molecular weight is 435 g/mol. The molecule has 3 heterocycles. The van der Waals surface area contributed by atoms with Crippen molar-refractivity contribution in [3.8, 4) is 0 Å². The predicted octanol–water partition coefficient (Wildman–Crippen LogP) is 0.550. The van der Waals surface area contributed by atoms with Gasteiger partial charge in [-0.15, -0.1) is 0 Å². The number of guanidine groups is 1. The minimum atomic E-state index is 0.325. The van der Waals surface area contributed by atoms with Crippen LogP contribution in [0.1, 0.15) is 32.6 Å². The van der Waals surface area contributed by atoms with Crippen molar-refractivity contribution in [1.82, 2.24) is 24.9 Å². The number of nitrogens with one attached hydrogen (secondary N) is 1. The summed E-state index contributed by atoms with van der Waals surface area (Å²) < 4.78 is 5.48. The van der Waals surface area contributed by atoms with Gasteiger partial charge in [0.15, 0.2) is 5.96 Å². The lowest BCUT2D eigenvalue weighted by atomic mass is 9.84. The van der Waals surface area contributed by atoms with Gasteiger partial charge < -0.3 is 19.9 Å². The van der Waals surface area contributed by atoms with E-state index in [2.05, 4.69) is 31.8 Å². The van der Waals surface area contributed by atoms with Crippen molar-refractivity contribution in [2.24, 2.45) is 16.8 Å². The molecule has 4 aliphatic rings. The number of ether oxygens (including phenoxy) is 1. The Hall–Kier alpha value is -1.38.